The summed E-state index contributed by atoms with van der Waals surface area (Å²) in [6, 6.07) is 31.2. The van der Waals surface area contributed by atoms with Crippen LogP contribution < -0.4 is 4.90 Å². The van der Waals surface area contributed by atoms with Crippen molar-refractivity contribution in [2.24, 2.45) is 0 Å². The van der Waals surface area contributed by atoms with Crippen molar-refractivity contribution in [3.8, 4) is 170 Å². The first-order valence-electron chi connectivity index (χ1n) is 21.4. The molecule has 9 aromatic carbocycles. The first-order chi connectivity index (χ1) is 34.7. The molecule has 0 radical (unpaired) electrons. The van der Waals surface area contributed by atoms with Gasteiger partial charge < -0.3 is 91.9 Å². The molecule has 0 aliphatic carbocycles. The predicted molar refractivity (Wildman–Crippen MR) is 264 cm³/mol. The number of rotatable bonds is 9. The van der Waals surface area contributed by atoms with Crippen LogP contribution in [0.5, 0.6) is 103 Å². The van der Waals surface area contributed by atoms with E-state index in [9.17, 15) is 91.9 Å². The molecule has 0 atom stereocenters. The third-order valence-corrected chi connectivity index (χ3v) is 12.2. The van der Waals surface area contributed by atoms with Crippen molar-refractivity contribution >= 4 is 17.1 Å². The average molecular weight is 990 g/mol. The van der Waals surface area contributed by atoms with Crippen molar-refractivity contribution in [1.82, 2.24) is 0 Å². The molecule has 9 aromatic rings. The highest BCUT2D eigenvalue weighted by Gasteiger charge is 2.36. The van der Waals surface area contributed by atoms with Gasteiger partial charge in [0, 0.05) is 5.69 Å². The summed E-state index contributed by atoms with van der Waals surface area (Å²) in [7, 11) is 0. The molecule has 0 saturated heterocycles. The highest BCUT2D eigenvalue weighted by atomic mass is 16.4. The number of hydrogen-bond acceptors (Lipinski definition) is 19. The molecule has 0 aliphatic rings. The van der Waals surface area contributed by atoms with Crippen molar-refractivity contribution in [2.45, 2.75) is 0 Å². The van der Waals surface area contributed by atoms with E-state index in [0.717, 1.165) is 11.0 Å². The second-order valence-corrected chi connectivity index (χ2v) is 16.5. The van der Waals surface area contributed by atoms with Crippen molar-refractivity contribution in [3.05, 3.63) is 127 Å². The third-order valence-electron chi connectivity index (χ3n) is 12.2. The van der Waals surface area contributed by atoms with Crippen LogP contribution >= 0.6 is 0 Å². The zero-order valence-electron chi connectivity index (χ0n) is 37.1. The summed E-state index contributed by atoms with van der Waals surface area (Å²) < 4.78 is 0. The van der Waals surface area contributed by atoms with E-state index in [4.69, 9.17) is 0 Å². The maximum atomic E-state index is 11.7. The van der Waals surface area contributed by atoms with Crippen molar-refractivity contribution in [1.29, 1.82) is 0 Å². The fourth-order valence-electron chi connectivity index (χ4n) is 8.58. The summed E-state index contributed by atoms with van der Waals surface area (Å²) in [5.41, 5.74) is -2.48. The fraction of sp³-hybridized carbons (Fsp3) is 0. The van der Waals surface area contributed by atoms with Gasteiger partial charge >= 0.3 is 0 Å². The van der Waals surface area contributed by atoms with Gasteiger partial charge in [-0.05, 0) is 74.8 Å². The molecule has 0 bridgehead atoms. The summed E-state index contributed by atoms with van der Waals surface area (Å²) in [5.74, 6) is -19.9. The minimum absolute atomic E-state index is 0.117. The summed E-state index contributed by atoms with van der Waals surface area (Å²) in [6.45, 7) is 0. The van der Waals surface area contributed by atoms with E-state index in [1.807, 2.05) is 0 Å². The highest BCUT2D eigenvalue weighted by molar-refractivity contribution is 6.00. The van der Waals surface area contributed by atoms with Gasteiger partial charge in [0.1, 0.15) is 11.4 Å². The van der Waals surface area contributed by atoms with Gasteiger partial charge in [0.2, 0.25) is 34.5 Å². The van der Waals surface area contributed by atoms with Gasteiger partial charge in [0.15, 0.2) is 69.0 Å². The van der Waals surface area contributed by atoms with E-state index in [1.54, 1.807) is 60.7 Å². The Labute approximate surface area is 410 Å². The molecule has 0 unspecified atom stereocenters. The molecule has 0 spiro atoms. The number of phenols is 18. The zero-order chi connectivity index (χ0) is 52.5. The van der Waals surface area contributed by atoms with Gasteiger partial charge in [-0.2, -0.15) is 0 Å². The number of benzene rings is 9. The largest absolute Gasteiger partial charge is 0.504 e. The Morgan fingerprint density at radius 2 is 0.425 bits per heavy atom. The third kappa shape index (κ3) is 7.49. The van der Waals surface area contributed by atoms with Gasteiger partial charge in [0.25, 0.3) is 0 Å². The number of phenolic OH excluding ortho intramolecular Hbond substituents is 18. The molecule has 19 nitrogen and oxygen atoms in total. The van der Waals surface area contributed by atoms with Crippen LogP contribution in [0, 0.1) is 0 Å². The Morgan fingerprint density at radius 3 is 0.740 bits per heavy atom. The normalized spacial score (nSPS) is 11.2. The molecule has 0 saturated carbocycles. The van der Waals surface area contributed by atoms with Gasteiger partial charge in [-0.25, -0.2) is 0 Å². The second kappa shape index (κ2) is 17.6. The summed E-state index contributed by atoms with van der Waals surface area (Å²) >= 11 is 0. The quantitative estimate of drug-likeness (QED) is 0.0472. The van der Waals surface area contributed by atoms with Gasteiger partial charge in [0.05, 0.1) is 22.3 Å². The molecule has 9 rings (SSSR count). The van der Waals surface area contributed by atoms with Crippen molar-refractivity contribution < 1.29 is 91.9 Å². The minimum atomic E-state index is -1.25. The molecule has 73 heavy (non-hydrogen) atoms. The predicted octanol–water partition coefficient (Wildman–Crippen LogP) is 9.86. The van der Waals surface area contributed by atoms with Crippen molar-refractivity contribution in [3.63, 3.8) is 0 Å². The molecule has 0 aliphatic heterocycles. The van der Waals surface area contributed by atoms with Crippen LogP contribution in [0.4, 0.5) is 17.1 Å². The number of aromatic hydroxyl groups is 18. The molecular weight excluding hydrogens is 951 g/mol. The standard InChI is InChI=1S/C54H39NO18/c56-37-31(25-7-3-1-4-8-25)38(57)46(65)35(45(37)64)55(36-47(66)39(58)32(40(59)48(36)67)26-9-5-2-6-10-26)30-17-15-23(16-18-30)22-11-13-24(14-12-22)27-19-28(33-41(60)49(68)53(72)50(69)42(33)61)21-29(20-27)34-43(62)51(70)54(73)52(71)44(34)63/h1-21,56-73H. The van der Waals surface area contributed by atoms with Crippen LogP contribution in [-0.4, -0.2) is 91.9 Å². The monoisotopic (exact) mass is 989 g/mol. The van der Waals surface area contributed by atoms with E-state index in [1.165, 1.54) is 60.7 Å². The van der Waals surface area contributed by atoms with Gasteiger partial charge in [-0.15, -0.1) is 0 Å². The van der Waals surface area contributed by atoms with Crippen molar-refractivity contribution in [2.75, 3.05) is 4.90 Å². The average Bonchev–Trinajstić information content (AvgIpc) is 3.40. The van der Waals surface area contributed by atoms with Crippen LogP contribution in [0.15, 0.2) is 127 Å². The number of anilines is 3. The first-order valence-corrected chi connectivity index (χ1v) is 21.4. The molecule has 368 valence electrons. The molecule has 0 amide bonds. The Balaban J connectivity index is 1.18. The van der Waals surface area contributed by atoms with Crippen LogP contribution in [0.2, 0.25) is 0 Å². The molecular formula is C54H39NO18. The maximum Gasteiger partial charge on any atom is 0.208 e. The smallest absolute Gasteiger partial charge is 0.208 e. The summed E-state index contributed by atoms with van der Waals surface area (Å²) in [4.78, 5) is 0.779. The minimum Gasteiger partial charge on any atom is -0.504 e. The van der Waals surface area contributed by atoms with Gasteiger partial charge in [-0.3, -0.25) is 4.90 Å². The topological polar surface area (TPSA) is 367 Å². The molecule has 0 heterocycles. The Hall–Kier alpha value is -10.8. The lowest BCUT2D eigenvalue weighted by Gasteiger charge is -2.30. The molecule has 0 aromatic heterocycles. The maximum absolute atomic E-state index is 11.7. The van der Waals surface area contributed by atoms with Crippen LogP contribution in [0.3, 0.4) is 0 Å². The Morgan fingerprint density at radius 1 is 0.192 bits per heavy atom. The van der Waals surface area contributed by atoms with E-state index in [2.05, 4.69) is 0 Å². The molecule has 19 heteroatoms. The SMILES string of the molecule is Oc1c(O)c(O)c(-c2cc(-c3ccc(-c4ccc(N(c5c(O)c(O)c(-c6ccccc6)c(O)c5O)c5c(O)c(O)c(-c6ccccc6)c(O)c5O)cc4)cc3)cc(-c3c(O)c(O)c(O)c(O)c3O)c2)c(O)c1O. The summed E-state index contributed by atoms with van der Waals surface area (Å²) in [6.07, 6.45) is 0. The number of hydrogen-bond donors (Lipinski definition) is 18. The Bertz CT molecular complexity index is 3390. The Kier molecular flexibility index (Phi) is 11.4. The lowest BCUT2D eigenvalue weighted by atomic mass is 9.90. The lowest BCUT2D eigenvalue weighted by Crippen LogP contribution is -2.12. The lowest BCUT2D eigenvalue weighted by molar-refractivity contribution is 0.330. The van der Waals surface area contributed by atoms with Crippen LogP contribution in [0.25, 0.3) is 66.8 Å². The van der Waals surface area contributed by atoms with E-state index in [-0.39, 0.29) is 44.6 Å². The zero-order valence-corrected chi connectivity index (χ0v) is 37.1. The fourth-order valence-corrected chi connectivity index (χ4v) is 8.58. The van der Waals surface area contributed by atoms with Crippen LogP contribution in [0.1, 0.15) is 0 Å². The van der Waals surface area contributed by atoms with E-state index >= 15 is 0 Å². The highest BCUT2D eigenvalue weighted by Crippen LogP contribution is 2.64. The van der Waals surface area contributed by atoms with E-state index in [0.29, 0.717) is 16.7 Å². The van der Waals surface area contributed by atoms with Gasteiger partial charge in [-0.1, -0.05) is 97.1 Å². The molecule has 0 fully saturated rings. The molecule has 18 N–H and O–H groups in total. The van der Waals surface area contributed by atoms with Crippen LogP contribution in [-0.2, 0) is 0 Å². The number of nitrogens with zero attached hydrogens (tertiary/aromatic N) is 1. The first kappa shape index (κ1) is 47.3. The second-order valence-electron chi connectivity index (χ2n) is 16.5. The summed E-state index contributed by atoms with van der Waals surface area (Å²) in [5, 5.41) is 197. The van der Waals surface area contributed by atoms with E-state index < -0.39 is 126 Å².